The fourth-order valence-electron chi connectivity index (χ4n) is 3.59. The van der Waals surface area contributed by atoms with Gasteiger partial charge in [-0.3, -0.25) is 19.3 Å². The SMILES string of the molecule is C[C@H](C(=O)Nc1cccc(S(=O)(=O)N2CCOCC2)c1)N1C(=O)c2ccccc2C1=O. The number of fused-ring (bicyclic) bond motifs is 1. The van der Waals surface area contributed by atoms with Gasteiger partial charge in [-0.1, -0.05) is 18.2 Å². The van der Waals surface area contributed by atoms with Crippen LogP contribution in [-0.4, -0.2) is 67.7 Å². The molecule has 31 heavy (non-hydrogen) atoms. The number of amides is 3. The molecule has 1 fully saturated rings. The van der Waals surface area contributed by atoms with Crippen LogP contribution >= 0.6 is 0 Å². The average Bonchev–Trinajstić information content (AvgIpc) is 3.04. The van der Waals surface area contributed by atoms with Crippen LogP contribution in [0.15, 0.2) is 53.4 Å². The lowest BCUT2D eigenvalue weighted by Crippen LogP contribution is -2.45. The Bertz CT molecular complexity index is 1120. The van der Waals surface area contributed by atoms with Gasteiger partial charge in [0.05, 0.1) is 29.2 Å². The molecule has 4 rings (SSSR count). The molecule has 10 heteroatoms. The van der Waals surface area contributed by atoms with Gasteiger partial charge < -0.3 is 10.1 Å². The third kappa shape index (κ3) is 3.85. The van der Waals surface area contributed by atoms with Gasteiger partial charge in [0, 0.05) is 18.8 Å². The summed E-state index contributed by atoms with van der Waals surface area (Å²) < 4.78 is 32.2. The minimum absolute atomic E-state index is 0.0422. The van der Waals surface area contributed by atoms with Crippen LogP contribution in [0.4, 0.5) is 5.69 Å². The number of imide groups is 1. The van der Waals surface area contributed by atoms with Crippen LogP contribution in [0, 0.1) is 0 Å². The maximum atomic E-state index is 12.8. The number of hydrogen-bond acceptors (Lipinski definition) is 6. The first-order valence-corrected chi connectivity index (χ1v) is 11.2. The maximum Gasteiger partial charge on any atom is 0.262 e. The van der Waals surface area contributed by atoms with Crippen LogP contribution in [0.3, 0.4) is 0 Å². The van der Waals surface area contributed by atoms with E-state index in [1.54, 1.807) is 30.3 Å². The van der Waals surface area contributed by atoms with Crippen molar-refractivity contribution in [2.24, 2.45) is 0 Å². The summed E-state index contributed by atoms with van der Waals surface area (Å²) in [5, 5.41) is 2.61. The van der Waals surface area contributed by atoms with Crippen molar-refractivity contribution in [3.8, 4) is 0 Å². The van der Waals surface area contributed by atoms with E-state index >= 15 is 0 Å². The molecule has 0 aliphatic carbocycles. The topological polar surface area (TPSA) is 113 Å². The zero-order chi connectivity index (χ0) is 22.2. The molecular formula is C21H21N3O6S. The van der Waals surface area contributed by atoms with E-state index in [4.69, 9.17) is 4.74 Å². The smallest absolute Gasteiger partial charge is 0.262 e. The summed E-state index contributed by atoms with van der Waals surface area (Å²) >= 11 is 0. The van der Waals surface area contributed by atoms with E-state index in [9.17, 15) is 22.8 Å². The Kier molecular flexibility index (Phi) is 5.61. The molecule has 1 saturated heterocycles. The maximum absolute atomic E-state index is 12.8. The summed E-state index contributed by atoms with van der Waals surface area (Å²) in [6.45, 7) is 2.62. The number of rotatable bonds is 5. The van der Waals surface area contributed by atoms with Gasteiger partial charge in [-0.15, -0.1) is 0 Å². The number of ether oxygens (including phenoxy) is 1. The highest BCUT2D eigenvalue weighted by Crippen LogP contribution is 2.25. The number of carbonyl (C=O) groups excluding carboxylic acids is 3. The van der Waals surface area contributed by atoms with Gasteiger partial charge in [-0.05, 0) is 37.3 Å². The normalized spacial score (nSPS) is 18.0. The molecule has 2 aromatic carbocycles. The first-order valence-electron chi connectivity index (χ1n) is 9.76. The molecule has 162 valence electrons. The lowest BCUT2D eigenvalue weighted by molar-refractivity contribution is -0.119. The molecule has 2 heterocycles. The number of benzene rings is 2. The fourth-order valence-corrected chi connectivity index (χ4v) is 5.05. The molecule has 2 aromatic rings. The van der Waals surface area contributed by atoms with Crippen molar-refractivity contribution >= 4 is 33.4 Å². The first kappa shape index (κ1) is 21.2. The van der Waals surface area contributed by atoms with E-state index in [1.807, 2.05) is 0 Å². The average molecular weight is 443 g/mol. The second kappa shape index (κ2) is 8.22. The molecule has 2 aliphatic rings. The van der Waals surface area contributed by atoms with Crippen molar-refractivity contribution in [3.63, 3.8) is 0 Å². The fraction of sp³-hybridized carbons (Fsp3) is 0.286. The number of nitrogens with zero attached hydrogens (tertiary/aromatic N) is 2. The van der Waals surface area contributed by atoms with Crippen LogP contribution in [0.25, 0.3) is 0 Å². The van der Waals surface area contributed by atoms with Gasteiger partial charge in [-0.2, -0.15) is 4.31 Å². The minimum Gasteiger partial charge on any atom is -0.379 e. The summed E-state index contributed by atoms with van der Waals surface area (Å²) in [5.74, 6) is -1.67. The highest BCUT2D eigenvalue weighted by Gasteiger charge is 2.40. The van der Waals surface area contributed by atoms with Gasteiger partial charge in [0.15, 0.2) is 0 Å². The summed E-state index contributed by atoms with van der Waals surface area (Å²) in [7, 11) is -3.73. The second-order valence-electron chi connectivity index (χ2n) is 7.24. The zero-order valence-corrected chi connectivity index (χ0v) is 17.6. The van der Waals surface area contributed by atoms with Crippen LogP contribution in [0.5, 0.6) is 0 Å². The van der Waals surface area contributed by atoms with E-state index in [2.05, 4.69) is 5.32 Å². The lowest BCUT2D eigenvalue weighted by Gasteiger charge is -2.26. The Morgan fingerprint density at radius 3 is 2.23 bits per heavy atom. The minimum atomic E-state index is -3.73. The van der Waals surface area contributed by atoms with E-state index < -0.39 is 33.8 Å². The number of carbonyl (C=O) groups is 3. The number of hydrogen-bond donors (Lipinski definition) is 1. The molecule has 0 aromatic heterocycles. The second-order valence-corrected chi connectivity index (χ2v) is 9.17. The Morgan fingerprint density at radius 2 is 1.61 bits per heavy atom. The number of morpholine rings is 1. The number of nitrogens with one attached hydrogen (secondary N) is 1. The molecule has 0 radical (unpaired) electrons. The van der Waals surface area contributed by atoms with Gasteiger partial charge >= 0.3 is 0 Å². The van der Waals surface area contributed by atoms with Crippen LogP contribution in [0.2, 0.25) is 0 Å². The van der Waals surface area contributed by atoms with Crippen molar-refractivity contribution in [1.82, 2.24) is 9.21 Å². The molecule has 1 atom stereocenters. The molecule has 0 saturated carbocycles. The molecular weight excluding hydrogens is 422 g/mol. The molecule has 0 bridgehead atoms. The summed E-state index contributed by atoms with van der Waals surface area (Å²) in [6, 6.07) is 11.2. The van der Waals surface area contributed by atoms with Crippen molar-refractivity contribution in [3.05, 3.63) is 59.7 Å². The van der Waals surface area contributed by atoms with E-state index in [-0.39, 0.29) is 34.8 Å². The Morgan fingerprint density at radius 1 is 1.00 bits per heavy atom. The van der Waals surface area contributed by atoms with E-state index in [1.165, 1.54) is 29.4 Å². The van der Waals surface area contributed by atoms with E-state index in [0.29, 0.717) is 13.2 Å². The lowest BCUT2D eigenvalue weighted by atomic mass is 10.1. The van der Waals surface area contributed by atoms with Crippen LogP contribution in [0.1, 0.15) is 27.6 Å². The van der Waals surface area contributed by atoms with Crippen LogP contribution < -0.4 is 5.32 Å². The van der Waals surface area contributed by atoms with Gasteiger partial charge in [0.1, 0.15) is 6.04 Å². The largest absolute Gasteiger partial charge is 0.379 e. The Labute approximate surface area is 179 Å². The van der Waals surface area contributed by atoms with Gasteiger partial charge in [0.25, 0.3) is 11.8 Å². The highest BCUT2D eigenvalue weighted by atomic mass is 32.2. The summed E-state index contributed by atoms with van der Waals surface area (Å²) in [5.41, 5.74) is 0.763. The van der Waals surface area contributed by atoms with Crippen molar-refractivity contribution in [2.75, 3.05) is 31.6 Å². The summed E-state index contributed by atoms with van der Waals surface area (Å²) in [6.07, 6.45) is 0. The summed E-state index contributed by atoms with van der Waals surface area (Å²) in [4.78, 5) is 38.9. The molecule has 9 nitrogen and oxygen atoms in total. The Hall–Kier alpha value is -3.08. The highest BCUT2D eigenvalue weighted by molar-refractivity contribution is 7.89. The quantitative estimate of drug-likeness (QED) is 0.698. The third-order valence-electron chi connectivity index (χ3n) is 5.30. The Balaban J connectivity index is 1.51. The molecule has 0 unspecified atom stereocenters. The molecule has 1 N–H and O–H groups in total. The third-order valence-corrected chi connectivity index (χ3v) is 7.20. The molecule has 3 amide bonds. The van der Waals surface area contributed by atoms with Gasteiger partial charge in [-0.25, -0.2) is 8.42 Å². The molecule has 0 spiro atoms. The van der Waals surface area contributed by atoms with Crippen LogP contribution in [-0.2, 0) is 19.6 Å². The van der Waals surface area contributed by atoms with Gasteiger partial charge in [0.2, 0.25) is 15.9 Å². The standard InChI is InChI=1S/C21H21N3O6S/c1-14(24-20(26)17-7-2-3-8-18(17)21(24)27)19(25)22-15-5-4-6-16(13-15)31(28,29)23-9-11-30-12-10-23/h2-8,13-14H,9-12H2,1H3,(H,22,25)/t14-/m1/s1. The number of anilines is 1. The van der Waals surface area contributed by atoms with Crippen molar-refractivity contribution in [2.45, 2.75) is 17.9 Å². The monoisotopic (exact) mass is 443 g/mol. The first-order chi connectivity index (χ1) is 14.8. The van der Waals surface area contributed by atoms with E-state index in [0.717, 1.165) is 4.90 Å². The van der Waals surface area contributed by atoms with Crippen molar-refractivity contribution < 1.29 is 27.5 Å². The number of sulfonamides is 1. The predicted octanol–water partition coefficient (Wildman–Crippen LogP) is 1.33. The van der Waals surface area contributed by atoms with Crippen molar-refractivity contribution in [1.29, 1.82) is 0 Å². The zero-order valence-electron chi connectivity index (χ0n) is 16.8. The molecule has 2 aliphatic heterocycles. The predicted molar refractivity (Wildman–Crippen MR) is 111 cm³/mol.